The van der Waals surface area contributed by atoms with Gasteiger partial charge in [-0.25, -0.2) is 9.79 Å². The zero-order chi connectivity index (χ0) is 11.2. The Hall–Kier alpha value is -0.660. The van der Waals surface area contributed by atoms with Gasteiger partial charge >= 0.3 is 0 Å². The van der Waals surface area contributed by atoms with Crippen molar-refractivity contribution >= 4 is 6.08 Å². The lowest BCUT2D eigenvalue weighted by molar-refractivity contribution is 0.101. The summed E-state index contributed by atoms with van der Waals surface area (Å²) < 4.78 is 0. The van der Waals surface area contributed by atoms with Gasteiger partial charge in [-0.15, -0.1) is 0 Å². The summed E-state index contributed by atoms with van der Waals surface area (Å²) in [5.41, 5.74) is 0. The van der Waals surface area contributed by atoms with Gasteiger partial charge in [-0.3, -0.25) is 0 Å². The molecule has 2 aliphatic rings. The lowest BCUT2D eigenvalue weighted by Crippen LogP contribution is -2.44. The van der Waals surface area contributed by atoms with Crippen molar-refractivity contribution in [1.29, 1.82) is 0 Å². The molecule has 1 atom stereocenters. The van der Waals surface area contributed by atoms with E-state index in [1.807, 2.05) is 0 Å². The Balaban J connectivity index is 1.82. The number of isocyanates is 1. The Labute approximate surface area is 97.9 Å². The van der Waals surface area contributed by atoms with E-state index < -0.39 is 0 Å². The Morgan fingerprint density at radius 2 is 1.94 bits per heavy atom. The lowest BCUT2D eigenvalue weighted by atomic mass is 9.90. The Bertz CT molecular complexity index is 255. The molecule has 0 bridgehead atoms. The minimum absolute atomic E-state index is 0.595. The summed E-state index contributed by atoms with van der Waals surface area (Å²) in [6, 6.07) is 0.816. The van der Waals surface area contributed by atoms with E-state index >= 15 is 0 Å². The standard InChI is InChI=1S/C13H22N2O/c16-11-14-9-12-5-4-8-15(10-12)13-6-2-1-3-7-13/h12-13H,1-10H2. The van der Waals surface area contributed by atoms with Crippen molar-refractivity contribution in [2.24, 2.45) is 10.9 Å². The van der Waals surface area contributed by atoms with Crippen LogP contribution in [0.4, 0.5) is 0 Å². The van der Waals surface area contributed by atoms with E-state index in [4.69, 9.17) is 0 Å². The van der Waals surface area contributed by atoms with Gasteiger partial charge in [0, 0.05) is 12.6 Å². The number of nitrogens with zero attached hydrogens (tertiary/aromatic N) is 2. The fraction of sp³-hybridized carbons (Fsp3) is 0.923. The second kappa shape index (κ2) is 6.17. The van der Waals surface area contributed by atoms with Gasteiger partial charge in [-0.1, -0.05) is 19.3 Å². The minimum atomic E-state index is 0.595. The monoisotopic (exact) mass is 222 g/mol. The average Bonchev–Trinajstić information content (AvgIpc) is 2.38. The van der Waals surface area contributed by atoms with Crippen molar-refractivity contribution in [3.05, 3.63) is 0 Å². The third-order valence-corrected chi connectivity index (χ3v) is 4.06. The zero-order valence-corrected chi connectivity index (χ0v) is 10.0. The van der Waals surface area contributed by atoms with Crippen LogP contribution in [0.25, 0.3) is 0 Å². The van der Waals surface area contributed by atoms with Crippen LogP contribution in [0.2, 0.25) is 0 Å². The number of aliphatic imine (C=N–C) groups is 1. The van der Waals surface area contributed by atoms with Crippen molar-refractivity contribution in [2.75, 3.05) is 19.6 Å². The van der Waals surface area contributed by atoms with E-state index in [1.54, 1.807) is 6.08 Å². The number of piperidine rings is 1. The molecule has 3 nitrogen and oxygen atoms in total. The third kappa shape index (κ3) is 3.16. The molecule has 3 heteroatoms. The van der Waals surface area contributed by atoms with Crippen LogP contribution in [-0.4, -0.2) is 36.7 Å². The molecule has 1 heterocycles. The van der Waals surface area contributed by atoms with Crippen LogP contribution in [0.3, 0.4) is 0 Å². The van der Waals surface area contributed by atoms with Crippen LogP contribution in [0.15, 0.2) is 4.99 Å². The van der Waals surface area contributed by atoms with Crippen molar-refractivity contribution in [1.82, 2.24) is 4.90 Å². The first-order valence-electron chi connectivity index (χ1n) is 6.68. The predicted octanol–water partition coefficient (Wildman–Crippen LogP) is 2.37. The van der Waals surface area contributed by atoms with Crippen LogP contribution < -0.4 is 0 Å². The molecule has 1 aliphatic heterocycles. The molecule has 0 radical (unpaired) electrons. The molecular weight excluding hydrogens is 200 g/mol. The largest absolute Gasteiger partial charge is 0.300 e. The maximum atomic E-state index is 10.1. The van der Waals surface area contributed by atoms with Crippen LogP contribution in [-0.2, 0) is 4.79 Å². The number of carbonyl (C=O) groups excluding carboxylic acids is 1. The van der Waals surface area contributed by atoms with Gasteiger partial charge in [0.05, 0.1) is 6.54 Å². The highest BCUT2D eigenvalue weighted by molar-refractivity contribution is 5.32. The fourth-order valence-electron chi connectivity index (χ4n) is 3.19. The maximum absolute atomic E-state index is 10.1. The summed E-state index contributed by atoms with van der Waals surface area (Å²) in [6.07, 6.45) is 11.1. The Morgan fingerprint density at radius 3 is 2.69 bits per heavy atom. The molecule has 2 rings (SSSR count). The second-order valence-corrected chi connectivity index (χ2v) is 5.23. The van der Waals surface area contributed by atoms with E-state index in [2.05, 4.69) is 9.89 Å². The first-order chi connectivity index (χ1) is 7.90. The van der Waals surface area contributed by atoms with E-state index in [9.17, 15) is 4.79 Å². The average molecular weight is 222 g/mol. The van der Waals surface area contributed by atoms with Crippen molar-refractivity contribution in [3.63, 3.8) is 0 Å². The Morgan fingerprint density at radius 1 is 1.12 bits per heavy atom. The first kappa shape index (κ1) is 11.8. The molecule has 0 amide bonds. The van der Waals surface area contributed by atoms with Gasteiger partial charge in [0.2, 0.25) is 6.08 Å². The fourth-order valence-corrected chi connectivity index (χ4v) is 3.19. The molecule has 90 valence electrons. The van der Waals surface area contributed by atoms with Gasteiger partial charge in [-0.2, -0.15) is 0 Å². The predicted molar refractivity (Wildman–Crippen MR) is 64.2 cm³/mol. The van der Waals surface area contributed by atoms with E-state index in [1.165, 1.54) is 51.5 Å². The maximum Gasteiger partial charge on any atom is 0.234 e. The normalized spacial score (nSPS) is 28.6. The highest BCUT2D eigenvalue weighted by atomic mass is 16.1. The summed E-state index contributed by atoms with van der Waals surface area (Å²) >= 11 is 0. The highest BCUT2D eigenvalue weighted by Crippen LogP contribution is 2.27. The SMILES string of the molecule is O=C=NCC1CCCN(C2CCCCC2)C1. The molecule has 0 aromatic rings. The topological polar surface area (TPSA) is 32.7 Å². The molecule has 0 aromatic carbocycles. The van der Waals surface area contributed by atoms with E-state index in [0.29, 0.717) is 12.5 Å². The highest BCUT2D eigenvalue weighted by Gasteiger charge is 2.26. The summed E-state index contributed by atoms with van der Waals surface area (Å²) in [5, 5.41) is 0. The number of hydrogen-bond donors (Lipinski definition) is 0. The molecule has 1 saturated heterocycles. The van der Waals surface area contributed by atoms with E-state index in [0.717, 1.165) is 12.6 Å². The lowest BCUT2D eigenvalue weighted by Gasteiger charge is -2.39. The van der Waals surface area contributed by atoms with E-state index in [-0.39, 0.29) is 0 Å². The van der Waals surface area contributed by atoms with Gasteiger partial charge in [0.25, 0.3) is 0 Å². The van der Waals surface area contributed by atoms with Crippen LogP contribution >= 0.6 is 0 Å². The third-order valence-electron chi connectivity index (χ3n) is 4.06. The molecule has 0 N–H and O–H groups in total. The van der Waals surface area contributed by atoms with Crippen LogP contribution in [0, 0.1) is 5.92 Å². The molecule has 0 spiro atoms. The number of likely N-dealkylation sites (tertiary alicyclic amines) is 1. The minimum Gasteiger partial charge on any atom is -0.300 e. The molecule has 1 saturated carbocycles. The summed E-state index contributed by atoms with van der Waals surface area (Å²) in [4.78, 5) is 16.5. The molecule has 0 aromatic heterocycles. The zero-order valence-electron chi connectivity index (χ0n) is 10.0. The summed E-state index contributed by atoms with van der Waals surface area (Å²) in [7, 11) is 0. The Kier molecular flexibility index (Phi) is 4.55. The summed E-state index contributed by atoms with van der Waals surface area (Å²) in [5.74, 6) is 0.595. The number of rotatable bonds is 3. The molecule has 1 aliphatic carbocycles. The van der Waals surface area contributed by atoms with Crippen LogP contribution in [0.5, 0.6) is 0 Å². The smallest absolute Gasteiger partial charge is 0.234 e. The first-order valence-corrected chi connectivity index (χ1v) is 6.68. The van der Waals surface area contributed by atoms with Gasteiger partial charge in [0.1, 0.15) is 0 Å². The van der Waals surface area contributed by atoms with Gasteiger partial charge < -0.3 is 4.90 Å². The molecule has 2 fully saturated rings. The molecular formula is C13H22N2O. The molecule has 16 heavy (non-hydrogen) atoms. The van der Waals surface area contributed by atoms with Crippen molar-refractivity contribution in [2.45, 2.75) is 51.0 Å². The quantitative estimate of drug-likeness (QED) is 0.542. The summed E-state index contributed by atoms with van der Waals surface area (Å²) in [6.45, 7) is 3.09. The van der Waals surface area contributed by atoms with Gasteiger partial charge in [0.15, 0.2) is 0 Å². The second-order valence-electron chi connectivity index (χ2n) is 5.23. The van der Waals surface area contributed by atoms with Gasteiger partial charge in [-0.05, 0) is 38.1 Å². The molecule has 1 unspecified atom stereocenters. The van der Waals surface area contributed by atoms with Crippen molar-refractivity contribution in [3.8, 4) is 0 Å². The van der Waals surface area contributed by atoms with Crippen molar-refractivity contribution < 1.29 is 4.79 Å². The number of hydrogen-bond acceptors (Lipinski definition) is 3. The van der Waals surface area contributed by atoms with Crippen LogP contribution in [0.1, 0.15) is 44.9 Å².